The van der Waals surface area contributed by atoms with Gasteiger partial charge in [0.2, 0.25) is 0 Å². The fourth-order valence-corrected chi connectivity index (χ4v) is 4.32. The van der Waals surface area contributed by atoms with Gasteiger partial charge in [-0.05, 0) is 66.6 Å². The Labute approximate surface area is 204 Å². The molecular weight excluding hydrogens is 457 g/mol. The van der Waals surface area contributed by atoms with Crippen molar-refractivity contribution in [3.05, 3.63) is 87.9 Å². The highest BCUT2D eigenvalue weighted by Gasteiger charge is 2.18. The first-order valence-corrected chi connectivity index (χ1v) is 11.7. The van der Waals surface area contributed by atoms with E-state index >= 15 is 0 Å². The number of halogens is 2. The smallest absolute Gasteiger partial charge is 0.262 e. The van der Waals surface area contributed by atoms with Crippen molar-refractivity contribution in [3.63, 3.8) is 0 Å². The number of carbonyl (C=O) groups excluding carboxylic acids is 1. The monoisotopic (exact) mass is 483 g/mol. The second kappa shape index (κ2) is 10.9. The number of rotatable bonds is 7. The molecule has 0 saturated carbocycles. The van der Waals surface area contributed by atoms with Crippen molar-refractivity contribution < 1.29 is 9.53 Å². The molecule has 0 aromatic heterocycles. The molecule has 172 valence electrons. The molecule has 0 atom stereocenters. The predicted molar refractivity (Wildman–Crippen MR) is 136 cm³/mol. The molecule has 7 heteroatoms. The standard InChI is InChI=1S/C26H27Cl2N3O2/c1-19-16-21(27)6-11-25(19)33-18-26(32)29-22-7-9-23(10-8-22)31-14-12-30(13-15-31)17-20-4-2-3-5-24(20)28/h2-11,16H,12-15,17-18H2,1H3,(H,29,32). The number of anilines is 2. The van der Waals surface area contributed by atoms with Crippen LogP contribution >= 0.6 is 23.2 Å². The number of amides is 1. The van der Waals surface area contributed by atoms with Crippen LogP contribution in [0.2, 0.25) is 10.0 Å². The second-order valence-electron chi connectivity index (χ2n) is 8.15. The third-order valence-corrected chi connectivity index (χ3v) is 6.34. The van der Waals surface area contributed by atoms with Gasteiger partial charge in [-0.15, -0.1) is 0 Å². The molecule has 1 fully saturated rings. The zero-order valence-corrected chi connectivity index (χ0v) is 20.1. The van der Waals surface area contributed by atoms with Crippen LogP contribution in [0.5, 0.6) is 5.75 Å². The van der Waals surface area contributed by atoms with Crippen LogP contribution in [0.15, 0.2) is 66.7 Å². The SMILES string of the molecule is Cc1cc(Cl)ccc1OCC(=O)Nc1ccc(N2CCN(Cc3ccccc3Cl)CC2)cc1. The number of benzene rings is 3. The molecular formula is C26H27Cl2N3O2. The van der Waals surface area contributed by atoms with E-state index in [2.05, 4.69) is 21.2 Å². The molecule has 0 aliphatic carbocycles. The average molecular weight is 484 g/mol. The Balaban J connectivity index is 1.24. The van der Waals surface area contributed by atoms with Gasteiger partial charge >= 0.3 is 0 Å². The number of aryl methyl sites for hydroxylation is 1. The zero-order chi connectivity index (χ0) is 23.2. The number of nitrogens with one attached hydrogen (secondary N) is 1. The lowest BCUT2D eigenvalue weighted by molar-refractivity contribution is -0.118. The molecule has 1 aliphatic heterocycles. The summed E-state index contributed by atoms with van der Waals surface area (Å²) < 4.78 is 5.61. The molecule has 0 radical (unpaired) electrons. The number of ether oxygens (including phenoxy) is 1. The van der Waals surface area contributed by atoms with Crippen LogP contribution in [0, 0.1) is 6.92 Å². The van der Waals surface area contributed by atoms with E-state index in [1.54, 1.807) is 12.1 Å². The summed E-state index contributed by atoms with van der Waals surface area (Å²) in [7, 11) is 0. The Hall–Kier alpha value is -2.73. The second-order valence-corrected chi connectivity index (χ2v) is 8.99. The van der Waals surface area contributed by atoms with Crippen LogP contribution in [0.3, 0.4) is 0 Å². The van der Waals surface area contributed by atoms with Crippen molar-refractivity contribution in [2.45, 2.75) is 13.5 Å². The van der Waals surface area contributed by atoms with Crippen LogP contribution in [-0.4, -0.2) is 43.6 Å². The number of piperazine rings is 1. The molecule has 0 unspecified atom stereocenters. The first kappa shape index (κ1) is 23.4. The van der Waals surface area contributed by atoms with Gasteiger partial charge in [0.25, 0.3) is 5.91 Å². The molecule has 0 bridgehead atoms. The lowest BCUT2D eigenvalue weighted by Gasteiger charge is -2.36. The van der Waals surface area contributed by atoms with Crippen molar-refractivity contribution in [2.75, 3.05) is 43.0 Å². The molecule has 33 heavy (non-hydrogen) atoms. The lowest BCUT2D eigenvalue weighted by Crippen LogP contribution is -2.46. The summed E-state index contributed by atoms with van der Waals surface area (Å²) in [6, 6.07) is 21.3. The van der Waals surface area contributed by atoms with Gasteiger partial charge in [-0.1, -0.05) is 41.4 Å². The zero-order valence-electron chi connectivity index (χ0n) is 18.6. The minimum Gasteiger partial charge on any atom is -0.483 e. The number of nitrogens with zero attached hydrogens (tertiary/aromatic N) is 2. The van der Waals surface area contributed by atoms with E-state index in [4.69, 9.17) is 27.9 Å². The molecule has 0 spiro atoms. The Kier molecular flexibility index (Phi) is 7.76. The highest BCUT2D eigenvalue weighted by molar-refractivity contribution is 6.31. The molecule has 4 rings (SSSR count). The van der Waals surface area contributed by atoms with Gasteiger partial charge in [0, 0.05) is 54.1 Å². The highest BCUT2D eigenvalue weighted by atomic mass is 35.5. The van der Waals surface area contributed by atoms with E-state index in [9.17, 15) is 4.79 Å². The Morgan fingerprint density at radius 2 is 1.70 bits per heavy atom. The van der Waals surface area contributed by atoms with E-state index in [-0.39, 0.29) is 12.5 Å². The third kappa shape index (κ3) is 6.41. The number of hydrogen-bond acceptors (Lipinski definition) is 4. The molecule has 1 aliphatic rings. The molecule has 5 nitrogen and oxygen atoms in total. The largest absolute Gasteiger partial charge is 0.483 e. The summed E-state index contributed by atoms with van der Waals surface area (Å²) in [5, 5.41) is 4.35. The van der Waals surface area contributed by atoms with E-state index < -0.39 is 0 Å². The number of carbonyl (C=O) groups is 1. The van der Waals surface area contributed by atoms with E-state index in [0.717, 1.165) is 54.7 Å². The Bertz CT molecular complexity index is 1100. The minimum atomic E-state index is -0.203. The van der Waals surface area contributed by atoms with Crippen LogP contribution in [0.4, 0.5) is 11.4 Å². The third-order valence-electron chi connectivity index (χ3n) is 5.74. The molecule has 1 heterocycles. The lowest BCUT2D eigenvalue weighted by atomic mass is 10.2. The van der Waals surface area contributed by atoms with Crippen LogP contribution in [-0.2, 0) is 11.3 Å². The van der Waals surface area contributed by atoms with E-state index in [0.29, 0.717) is 10.8 Å². The van der Waals surface area contributed by atoms with Crippen molar-refractivity contribution in [1.29, 1.82) is 0 Å². The molecule has 1 amide bonds. The molecule has 3 aromatic rings. The van der Waals surface area contributed by atoms with E-state index in [1.807, 2.05) is 55.5 Å². The topological polar surface area (TPSA) is 44.8 Å². The summed E-state index contributed by atoms with van der Waals surface area (Å²) in [6.07, 6.45) is 0. The van der Waals surface area contributed by atoms with Crippen molar-refractivity contribution >= 4 is 40.5 Å². The van der Waals surface area contributed by atoms with Gasteiger partial charge in [-0.2, -0.15) is 0 Å². The van der Waals surface area contributed by atoms with Crippen molar-refractivity contribution in [2.24, 2.45) is 0 Å². The van der Waals surface area contributed by atoms with Crippen LogP contribution in [0.1, 0.15) is 11.1 Å². The van der Waals surface area contributed by atoms with Crippen LogP contribution < -0.4 is 15.0 Å². The van der Waals surface area contributed by atoms with Gasteiger partial charge in [-0.25, -0.2) is 0 Å². The maximum absolute atomic E-state index is 12.3. The highest BCUT2D eigenvalue weighted by Crippen LogP contribution is 2.23. The summed E-state index contributed by atoms with van der Waals surface area (Å²) in [5.41, 5.74) is 3.96. The summed E-state index contributed by atoms with van der Waals surface area (Å²) >= 11 is 12.3. The van der Waals surface area contributed by atoms with Crippen molar-refractivity contribution in [1.82, 2.24) is 4.90 Å². The maximum atomic E-state index is 12.3. The quantitative estimate of drug-likeness (QED) is 0.472. The summed E-state index contributed by atoms with van der Waals surface area (Å²) in [4.78, 5) is 17.1. The molecule has 1 N–H and O–H groups in total. The van der Waals surface area contributed by atoms with Gasteiger partial charge < -0.3 is 15.0 Å². The minimum absolute atomic E-state index is 0.0579. The van der Waals surface area contributed by atoms with Gasteiger partial charge in [0.15, 0.2) is 6.61 Å². The molecule has 1 saturated heterocycles. The average Bonchev–Trinajstić information content (AvgIpc) is 2.81. The van der Waals surface area contributed by atoms with Crippen molar-refractivity contribution in [3.8, 4) is 5.75 Å². The van der Waals surface area contributed by atoms with Gasteiger partial charge in [0.1, 0.15) is 5.75 Å². The maximum Gasteiger partial charge on any atom is 0.262 e. The normalized spacial score (nSPS) is 14.2. The first-order valence-electron chi connectivity index (χ1n) is 11.0. The first-order chi connectivity index (χ1) is 16.0. The predicted octanol–water partition coefficient (Wildman–Crippen LogP) is 5.64. The van der Waals surface area contributed by atoms with E-state index in [1.165, 1.54) is 5.56 Å². The number of hydrogen-bond donors (Lipinski definition) is 1. The Morgan fingerprint density at radius 3 is 2.39 bits per heavy atom. The fourth-order valence-electron chi connectivity index (χ4n) is 3.90. The molecule has 3 aromatic carbocycles. The summed E-state index contributed by atoms with van der Waals surface area (Å²) in [6.45, 7) is 6.56. The summed E-state index contributed by atoms with van der Waals surface area (Å²) in [5.74, 6) is 0.448. The van der Waals surface area contributed by atoms with Crippen LogP contribution in [0.25, 0.3) is 0 Å². The van der Waals surface area contributed by atoms with Gasteiger partial charge in [0.05, 0.1) is 0 Å². The van der Waals surface area contributed by atoms with Gasteiger partial charge in [-0.3, -0.25) is 9.69 Å². The fraction of sp³-hybridized carbons (Fsp3) is 0.269. The Morgan fingerprint density at radius 1 is 0.970 bits per heavy atom.